The van der Waals surface area contributed by atoms with Crippen LogP contribution >= 0.6 is 0 Å². The van der Waals surface area contributed by atoms with E-state index in [-0.39, 0.29) is 12.5 Å². The van der Waals surface area contributed by atoms with Gasteiger partial charge in [0.1, 0.15) is 0 Å². The van der Waals surface area contributed by atoms with E-state index in [0.29, 0.717) is 6.42 Å². The van der Waals surface area contributed by atoms with Gasteiger partial charge in [0.05, 0.1) is 18.8 Å². The molecule has 0 radical (unpaired) electrons. The minimum atomic E-state index is -0.891. The third-order valence-electron chi connectivity index (χ3n) is 9.43. The second-order valence-corrected chi connectivity index (χ2v) is 15.1. The Morgan fingerprint density at radius 2 is 0.738 bits per heavy atom. The van der Waals surface area contributed by atoms with Crippen LogP contribution < -0.4 is 5.32 Å². The predicted octanol–water partition coefficient (Wildman–Crippen LogP) is 15.6. The van der Waals surface area contributed by atoms with Gasteiger partial charge in [0.25, 0.3) is 0 Å². The number of unbranched alkanes of at least 4 members (excludes halogenated alkanes) is 7. The summed E-state index contributed by atoms with van der Waals surface area (Å²) < 4.78 is 0. The normalized spacial score (nSPS) is 14.5. The summed E-state index contributed by atoms with van der Waals surface area (Å²) in [6.45, 7) is 4.10. The Bertz CT molecular complexity index is 1410. The maximum Gasteiger partial charge on any atom is 0.220 e. The third-order valence-corrected chi connectivity index (χ3v) is 9.43. The van der Waals surface area contributed by atoms with Crippen LogP contribution in [0.4, 0.5) is 0 Å². The average Bonchev–Trinajstić information content (AvgIpc) is 3.26. The van der Waals surface area contributed by atoms with Crippen molar-refractivity contribution in [2.75, 3.05) is 6.61 Å². The molecule has 0 rings (SSSR count). The number of rotatable bonds is 40. The Morgan fingerprint density at radius 3 is 1.11 bits per heavy atom. The van der Waals surface area contributed by atoms with Crippen LogP contribution in [0.1, 0.15) is 162 Å². The number of allylic oxidation sites excluding steroid dienone is 27. The lowest BCUT2D eigenvalue weighted by Crippen LogP contribution is -2.45. The molecule has 2 unspecified atom stereocenters. The number of aliphatic hydroxyl groups is 2. The van der Waals surface area contributed by atoms with Gasteiger partial charge in [-0.3, -0.25) is 4.79 Å². The molecule has 0 aliphatic carbocycles. The summed E-state index contributed by atoms with van der Waals surface area (Å²) in [5, 5.41) is 22.8. The van der Waals surface area contributed by atoms with Crippen LogP contribution in [0.5, 0.6) is 0 Å². The SMILES string of the molecule is CC/C=C\C/C=C\C/C=C\C/C=C\C/C=C\C/C=C\C/C=C\C/C=C\C/C=C\C/C=C\C/C=C\C/C=C\CCCCC(=O)NC(CO)C(O)/C=C/CC/C=C/CCCCCC. The number of aliphatic hydroxyl groups excluding tert-OH is 2. The zero-order valence-corrected chi connectivity index (χ0v) is 38.6. The summed E-state index contributed by atoms with van der Waals surface area (Å²) in [5.41, 5.74) is 0. The molecule has 0 saturated heterocycles. The number of carbonyl (C=O) groups is 1. The summed E-state index contributed by atoms with van der Waals surface area (Å²) in [5.74, 6) is -0.128. The topological polar surface area (TPSA) is 69.6 Å². The molecule has 0 fully saturated rings. The van der Waals surface area contributed by atoms with Gasteiger partial charge in [-0.25, -0.2) is 0 Å². The van der Waals surface area contributed by atoms with E-state index in [1.165, 1.54) is 25.7 Å². The molecule has 0 spiro atoms. The first-order valence-corrected chi connectivity index (χ1v) is 23.8. The van der Waals surface area contributed by atoms with Gasteiger partial charge in [0.15, 0.2) is 0 Å². The van der Waals surface area contributed by atoms with Gasteiger partial charge in [-0.05, 0) is 122 Å². The van der Waals surface area contributed by atoms with E-state index >= 15 is 0 Å². The minimum absolute atomic E-state index is 0.128. The fourth-order valence-electron chi connectivity index (χ4n) is 5.82. The average molecular weight is 834 g/mol. The Balaban J connectivity index is 3.78. The van der Waals surface area contributed by atoms with Gasteiger partial charge in [0, 0.05) is 6.42 Å². The number of nitrogens with one attached hydrogen (secondary N) is 1. The Morgan fingerprint density at radius 1 is 0.410 bits per heavy atom. The quantitative estimate of drug-likeness (QED) is 0.0425. The first kappa shape index (κ1) is 56.8. The van der Waals surface area contributed by atoms with Crippen molar-refractivity contribution in [3.8, 4) is 0 Å². The number of carbonyl (C=O) groups excluding carboxylic acids is 1. The molecule has 2 atom stereocenters. The van der Waals surface area contributed by atoms with Crippen LogP contribution in [0.3, 0.4) is 0 Å². The second-order valence-electron chi connectivity index (χ2n) is 15.1. The highest BCUT2D eigenvalue weighted by molar-refractivity contribution is 5.76. The lowest BCUT2D eigenvalue weighted by Gasteiger charge is -2.19. The smallest absolute Gasteiger partial charge is 0.220 e. The van der Waals surface area contributed by atoms with Crippen molar-refractivity contribution in [3.05, 3.63) is 170 Å². The van der Waals surface area contributed by atoms with Crippen LogP contribution in [0.2, 0.25) is 0 Å². The maximum atomic E-state index is 12.3. The van der Waals surface area contributed by atoms with Gasteiger partial charge < -0.3 is 15.5 Å². The molecule has 338 valence electrons. The molecule has 0 aromatic carbocycles. The molecular weight excluding hydrogens is 747 g/mol. The summed E-state index contributed by atoms with van der Waals surface area (Å²) >= 11 is 0. The molecule has 4 nitrogen and oxygen atoms in total. The molecule has 3 N–H and O–H groups in total. The standard InChI is InChI=1S/C57H87NO3/c1-3-5-7-9-11-13-15-16-17-18-19-20-21-22-23-24-25-26-27-28-29-30-31-32-33-34-35-36-37-38-39-40-41-42-43-45-47-49-51-53-57(61)58-55(54-59)56(60)52-50-48-46-44-14-12-10-8-6-4-2/h5,7,11,13-14,16-17,19-20,22-23,25-26,28-29,31-32,34-35,37-38,40-41,43-45,50,52,55-56,59-60H,3-4,6,8-10,12,15,18,21,24,27,30,33,36,39,42,46-49,51,53-54H2,1-2H3,(H,58,61)/b7-5-,13-11-,17-16-,20-19-,23-22-,26-25-,29-28-,32-31-,35-34-,38-37-,41-40-,44-14+,45-43-,52-50+. The lowest BCUT2D eigenvalue weighted by molar-refractivity contribution is -0.123. The first-order valence-electron chi connectivity index (χ1n) is 23.8. The Hall–Kier alpha value is -4.25. The minimum Gasteiger partial charge on any atom is -0.394 e. The lowest BCUT2D eigenvalue weighted by atomic mass is 10.1. The predicted molar refractivity (Wildman–Crippen MR) is 271 cm³/mol. The molecule has 1 amide bonds. The fourth-order valence-corrected chi connectivity index (χ4v) is 5.82. The summed E-state index contributed by atoms with van der Waals surface area (Å²) in [4.78, 5) is 12.3. The molecular formula is C57H87NO3. The molecule has 0 heterocycles. The number of hydrogen-bond acceptors (Lipinski definition) is 3. The van der Waals surface area contributed by atoms with Gasteiger partial charge in [-0.15, -0.1) is 0 Å². The monoisotopic (exact) mass is 834 g/mol. The van der Waals surface area contributed by atoms with Crippen LogP contribution in [-0.4, -0.2) is 34.9 Å². The van der Waals surface area contributed by atoms with Crippen molar-refractivity contribution in [2.45, 2.75) is 174 Å². The van der Waals surface area contributed by atoms with Crippen molar-refractivity contribution in [1.29, 1.82) is 0 Å². The van der Waals surface area contributed by atoms with E-state index in [2.05, 4.69) is 177 Å². The van der Waals surface area contributed by atoms with E-state index in [0.717, 1.165) is 116 Å². The van der Waals surface area contributed by atoms with Gasteiger partial charge >= 0.3 is 0 Å². The number of hydrogen-bond donors (Lipinski definition) is 3. The van der Waals surface area contributed by atoms with Crippen molar-refractivity contribution in [1.82, 2.24) is 5.32 Å². The zero-order chi connectivity index (χ0) is 44.2. The van der Waals surface area contributed by atoms with Gasteiger partial charge in [-0.2, -0.15) is 0 Å². The van der Waals surface area contributed by atoms with Crippen LogP contribution in [0, 0.1) is 0 Å². The molecule has 4 heteroatoms. The number of amides is 1. The van der Waals surface area contributed by atoms with Gasteiger partial charge in [-0.1, -0.05) is 203 Å². The van der Waals surface area contributed by atoms with E-state index in [1.807, 2.05) is 6.08 Å². The molecule has 0 aliphatic rings. The summed E-state index contributed by atoms with van der Waals surface area (Å²) in [6.07, 6.45) is 83.4. The van der Waals surface area contributed by atoms with Crippen molar-refractivity contribution >= 4 is 5.91 Å². The molecule has 0 aliphatic heterocycles. The molecule has 0 aromatic heterocycles. The fraction of sp³-hybridized carbons (Fsp3) is 0.491. The highest BCUT2D eigenvalue weighted by Gasteiger charge is 2.17. The van der Waals surface area contributed by atoms with E-state index < -0.39 is 12.1 Å². The maximum absolute atomic E-state index is 12.3. The van der Waals surface area contributed by atoms with E-state index in [1.54, 1.807) is 6.08 Å². The van der Waals surface area contributed by atoms with Crippen molar-refractivity contribution in [2.24, 2.45) is 0 Å². The van der Waals surface area contributed by atoms with Crippen LogP contribution in [0.25, 0.3) is 0 Å². The van der Waals surface area contributed by atoms with Crippen molar-refractivity contribution < 1.29 is 15.0 Å². The van der Waals surface area contributed by atoms with Crippen LogP contribution in [-0.2, 0) is 4.79 Å². The van der Waals surface area contributed by atoms with Gasteiger partial charge in [0.2, 0.25) is 5.91 Å². The summed E-state index contributed by atoms with van der Waals surface area (Å²) in [7, 11) is 0. The highest BCUT2D eigenvalue weighted by Crippen LogP contribution is 2.07. The molecule has 0 bridgehead atoms. The summed E-state index contributed by atoms with van der Waals surface area (Å²) in [6, 6.07) is -0.673. The second kappa shape index (κ2) is 50.1. The largest absolute Gasteiger partial charge is 0.394 e. The molecule has 0 saturated carbocycles. The third kappa shape index (κ3) is 46.7. The van der Waals surface area contributed by atoms with E-state index in [9.17, 15) is 15.0 Å². The molecule has 61 heavy (non-hydrogen) atoms. The molecule has 0 aromatic rings. The highest BCUT2D eigenvalue weighted by atomic mass is 16.3. The zero-order valence-electron chi connectivity index (χ0n) is 38.6. The van der Waals surface area contributed by atoms with E-state index in [4.69, 9.17) is 0 Å². The Labute approximate surface area is 375 Å². The van der Waals surface area contributed by atoms with Crippen LogP contribution in [0.15, 0.2) is 170 Å². The van der Waals surface area contributed by atoms with Crippen molar-refractivity contribution in [3.63, 3.8) is 0 Å². The Kier molecular flexibility index (Phi) is 46.6. The first-order chi connectivity index (χ1) is 30.2.